The highest BCUT2D eigenvalue weighted by Crippen LogP contribution is 2.31. The fourth-order valence-electron chi connectivity index (χ4n) is 3.33. The van der Waals surface area contributed by atoms with Gasteiger partial charge in [-0.3, -0.25) is 4.79 Å². The van der Waals surface area contributed by atoms with Crippen molar-refractivity contribution in [3.05, 3.63) is 47.5 Å². The number of benzene rings is 2. The van der Waals surface area contributed by atoms with Gasteiger partial charge in [-0.2, -0.15) is 0 Å². The lowest BCUT2D eigenvalue weighted by atomic mass is 10.0. The molecule has 32 heavy (non-hydrogen) atoms. The molecule has 2 aromatic carbocycles. The summed E-state index contributed by atoms with van der Waals surface area (Å²) in [6, 6.07) is 10.0. The molecule has 0 aliphatic carbocycles. The maximum Gasteiger partial charge on any atom is 0.242 e. The summed E-state index contributed by atoms with van der Waals surface area (Å²) in [7, 11) is 4.04. The van der Waals surface area contributed by atoms with E-state index in [0.29, 0.717) is 35.7 Å². The molecular formula is C23H32N2O6S. The minimum Gasteiger partial charge on any atom is -0.496 e. The first-order chi connectivity index (χ1) is 15.2. The van der Waals surface area contributed by atoms with Crippen molar-refractivity contribution in [3.63, 3.8) is 0 Å². The molecular weight excluding hydrogens is 432 g/mol. The molecule has 9 heteroatoms. The fourth-order valence-corrected chi connectivity index (χ4v) is 4.28. The molecule has 0 aliphatic heterocycles. The molecule has 176 valence electrons. The number of hydrogen-bond acceptors (Lipinski definition) is 6. The Kier molecular flexibility index (Phi) is 8.91. The average molecular weight is 465 g/mol. The molecule has 0 unspecified atom stereocenters. The zero-order valence-corrected chi connectivity index (χ0v) is 20.3. The van der Waals surface area contributed by atoms with E-state index in [4.69, 9.17) is 14.2 Å². The Morgan fingerprint density at radius 3 is 2.16 bits per heavy atom. The van der Waals surface area contributed by atoms with Gasteiger partial charge in [-0.1, -0.05) is 13.0 Å². The molecule has 0 radical (unpaired) electrons. The molecule has 1 atom stereocenters. The molecule has 0 spiro atoms. The number of aryl methyl sites for hydroxylation is 1. The minimum absolute atomic E-state index is 0.144. The van der Waals surface area contributed by atoms with Crippen molar-refractivity contribution in [2.45, 2.75) is 37.1 Å². The van der Waals surface area contributed by atoms with Crippen molar-refractivity contribution in [3.8, 4) is 17.2 Å². The molecule has 0 saturated heterocycles. The van der Waals surface area contributed by atoms with E-state index in [-0.39, 0.29) is 23.3 Å². The van der Waals surface area contributed by atoms with Crippen LogP contribution in [0.4, 0.5) is 0 Å². The average Bonchev–Trinajstić information content (AvgIpc) is 2.80. The first kappa shape index (κ1) is 25.5. The predicted molar refractivity (Wildman–Crippen MR) is 123 cm³/mol. The van der Waals surface area contributed by atoms with Gasteiger partial charge in [-0.05, 0) is 54.3 Å². The summed E-state index contributed by atoms with van der Waals surface area (Å²) in [6.07, 6.45) is 1.22. The quantitative estimate of drug-likeness (QED) is 0.549. The van der Waals surface area contributed by atoms with Crippen molar-refractivity contribution in [2.75, 3.05) is 35.4 Å². The molecule has 0 aromatic heterocycles. The van der Waals surface area contributed by atoms with E-state index in [2.05, 4.69) is 5.32 Å². The summed E-state index contributed by atoms with van der Waals surface area (Å²) in [5, 5.41) is 3.04. The largest absolute Gasteiger partial charge is 0.496 e. The van der Waals surface area contributed by atoms with E-state index in [0.717, 1.165) is 9.87 Å². The van der Waals surface area contributed by atoms with Crippen LogP contribution in [0.15, 0.2) is 41.3 Å². The van der Waals surface area contributed by atoms with Gasteiger partial charge in [-0.15, -0.1) is 0 Å². The molecule has 0 heterocycles. The molecule has 0 aliphatic rings. The van der Waals surface area contributed by atoms with E-state index in [1.165, 1.54) is 27.3 Å². The lowest BCUT2D eigenvalue weighted by Gasteiger charge is -2.19. The number of nitrogens with zero attached hydrogens (tertiary/aromatic N) is 1. The number of carbonyl (C=O) groups is 1. The third-order valence-corrected chi connectivity index (χ3v) is 7.02. The number of nitrogens with one attached hydrogen (secondary N) is 1. The maximum atomic E-state index is 12.7. The van der Waals surface area contributed by atoms with Gasteiger partial charge in [0.15, 0.2) is 11.5 Å². The van der Waals surface area contributed by atoms with Crippen LogP contribution in [-0.4, -0.2) is 54.1 Å². The summed E-state index contributed by atoms with van der Waals surface area (Å²) >= 11 is 0. The number of rotatable bonds is 11. The molecule has 0 bridgehead atoms. The van der Waals surface area contributed by atoms with E-state index in [1.807, 2.05) is 25.1 Å². The van der Waals surface area contributed by atoms with E-state index in [1.54, 1.807) is 26.4 Å². The minimum atomic E-state index is -3.58. The van der Waals surface area contributed by atoms with Gasteiger partial charge in [0.25, 0.3) is 0 Å². The van der Waals surface area contributed by atoms with Gasteiger partial charge in [-0.25, -0.2) is 12.7 Å². The number of hydrogen-bond donors (Lipinski definition) is 1. The van der Waals surface area contributed by atoms with Gasteiger partial charge in [0.1, 0.15) is 5.75 Å². The van der Waals surface area contributed by atoms with Gasteiger partial charge in [0.05, 0.1) is 32.3 Å². The van der Waals surface area contributed by atoms with Gasteiger partial charge in [0, 0.05) is 20.5 Å². The van der Waals surface area contributed by atoms with Crippen LogP contribution in [0.25, 0.3) is 0 Å². The summed E-state index contributed by atoms with van der Waals surface area (Å²) < 4.78 is 42.0. The van der Waals surface area contributed by atoms with Crippen LogP contribution in [0.1, 0.15) is 36.9 Å². The predicted octanol–water partition coefficient (Wildman–Crippen LogP) is 3.16. The topological polar surface area (TPSA) is 94.2 Å². The second-order valence-corrected chi connectivity index (χ2v) is 9.56. The van der Waals surface area contributed by atoms with Crippen LogP contribution < -0.4 is 19.5 Å². The Balaban J connectivity index is 2.15. The normalized spacial score (nSPS) is 12.3. The third-order valence-electron chi connectivity index (χ3n) is 5.21. The molecule has 2 aromatic rings. The standard InChI is InChI=1S/C23H32N2O6S/c1-7-19(16-8-11-21(30-5)22(15-16)31-6)24-23(26)13-9-17-14-18(10-12-20(17)29-4)32(27,28)25(2)3/h8,10-12,14-15,19H,7,9,13H2,1-6H3,(H,24,26)/t19-/m1/s1. The molecule has 2 rings (SSSR count). The van der Waals surface area contributed by atoms with Crippen LogP contribution >= 0.6 is 0 Å². The molecule has 8 nitrogen and oxygen atoms in total. The lowest BCUT2D eigenvalue weighted by Crippen LogP contribution is -2.28. The smallest absolute Gasteiger partial charge is 0.242 e. The van der Waals surface area contributed by atoms with E-state index in [9.17, 15) is 13.2 Å². The SMILES string of the molecule is CC[C@@H](NC(=O)CCc1cc(S(=O)(=O)N(C)C)ccc1OC)c1ccc(OC)c(OC)c1. The number of ether oxygens (including phenoxy) is 3. The number of amides is 1. The maximum absolute atomic E-state index is 12.7. The highest BCUT2D eigenvalue weighted by molar-refractivity contribution is 7.89. The van der Waals surface area contributed by atoms with Gasteiger partial charge in [0.2, 0.25) is 15.9 Å². The monoisotopic (exact) mass is 464 g/mol. The first-order valence-corrected chi connectivity index (χ1v) is 11.7. The third kappa shape index (κ3) is 5.92. The summed E-state index contributed by atoms with van der Waals surface area (Å²) in [5.41, 5.74) is 1.57. The van der Waals surface area contributed by atoms with Crippen molar-refractivity contribution in [1.82, 2.24) is 9.62 Å². The van der Waals surface area contributed by atoms with Gasteiger partial charge < -0.3 is 19.5 Å². The Morgan fingerprint density at radius 1 is 0.969 bits per heavy atom. The second kappa shape index (κ2) is 11.2. The van der Waals surface area contributed by atoms with Crippen molar-refractivity contribution >= 4 is 15.9 Å². The Bertz CT molecular complexity index is 1040. The first-order valence-electron chi connectivity index (χ1n) is 10.3. The van der Waals surface area contributed by atoms with E-state index < -0.39 is 10.0 Å². The van der Waals surface area contributed by atoms with Crippen LogP contribution in [0.5, 0.6) is 17.2 Å². The Morgan fingerprint density at radius 2 is 1.59 bits per heavy atom. The van der Waals surface area contributed by atoms with Crippen molar-refractivity contribution in [1.29, 1.82) is 0 Å². The van der Waals surface area contributed by atoms with Crippen LogP contribution in [0.2, 0.25) is 0 Å². The number of methoxy groups -OCH3 is 3. The highest BCUT2D eigenvalue weighted by Gasteiger charge is 2.20. The highest BCUT2D eigenvalue weighted by atomic mass is 32.2. The van der Waals surface area contributed by atoms with Crippen LogP contribution in [0.3, 0.4) is 0 Å². The fraction of sp³-hybridized carbons (Fsp3) is 0.435. The van der Waals surface area contributed by atoms with Crippen LogP contribution in [0, 0.1) is 0 Å². The molecule has 1 N–H and O–H groups in total. The number of sulfonamides is 1. The summed E-state index contributed by atoms with van der Waals surface area (Å²) in [6.45, 7) is 1.99. The zero-order chi connectivity index (χ0) is 23.9. The summed E-state index contributed by atoms with van der Waals surface area (Å²) in [4.78, 5) is 12.9. The lowest BCUT2D eigenvalue weighted by molar-refractivity contribution is -0.121. The van der Waals surface area contributed by atoms with Crippen molar-refractivity contribution in [2.24, 2.45) is 0 Å². The number of carbonyl (C=O) groups excluding carboxylic acids is 1. The van der Waals surface area contributed by atoms with Crippen molar-refractivity contribution < 1.29 is 27.4 Å². The molecule has 0 fully saturated rings. The molecule has 1 amide bonds. The van der Waals surface area contributed by atoms with E-state index >= 15 is 0 Å². The Labute approximate surface area is 190 Å². The second-order valence-electron chi connectivity index (χ2n) is 7.40. The zero-order valence-electron chi connectivity index (χ0n) is 19.5. The summed E-state index contributed by atoms with van der Waals surface area (Å²) in [5.74, 6) is 1.62. The van der Waals surface area contributed by atoms with Gasteiger partial charge >= 0.3 is 0 Å². The molecule has 0 saturated carbocycles. The van der Waals surface area contributed by atoms with Crippen LogP contribution in [-0.2, 0) is 21.2 Å². The Hall–Kier alpha value is -2.78.